The number of carbonyl (C=O) groups is 1. The summed E-state index contributed by atoms with van der Waals surface area (Å²) in [5, 5.41) is 4.36. The van der Waals surface area contributed by atoms with Gasteiger partial charge in [0.1, 0.15) is 5.56 Å². The highest BCUT2D eigenvalue weighted by Crippen LogP contribution is 2.37. The average molecular weight is 327 g/mol. The van der Waals surface area contributed by atoms with E-state index >= 15 is 0 Å². The minimum Gasteiger partial charge on any atom is -0.338 e. The molecule has 0 aliphatic carbocycles. The molecule has 2 aliphatic rings. The number of aromatic nitrogens is 3. The number of carbonyl (C=O) groups excluding carboxylic acids is 1. The van der Waals surface area contributed by atoms with E-state index in [4.69, 9.17) is 0 Å². The highest BCUT2D eigenvalue weighted by Gasteiger charge is 2.42. The molecule has 24 heavy (non-hydrogen) atoms. The second-order valence-corrected chi connectivity index (χ2v) is 7.37. The topological polar surface area (TPSA) is 53.7 Å². The number of aryl methyl sites for hydroxylation is 2. The highest BCUT2D eigenvalue weighted by atomic mass is 16.2. The van der Waals surface area contributed by atoms with Gasteiger partial charge >= 0.3 is 0 Å². The largest absolute Gasteiger partial charge is 0.338 e. The lowest BCUT2D eigenvalue weighted by molar-refractivity contribution is 0.0494. The van der Waals surface area contributed by atoms with Gasteiger partial charge in [-0.3, -0.25) is 4.79 Å². The summed E-state index contributed by atoms with van der Waals surface area (Å²) in [7, 11) is 2.23. The first kappa shape index (κ1) is 15.6. The third-order valence-corrected chi connectivity index (χ3v) is 5.94. The molecule has 2 aromatic heterocycles. The van der Waals surface area contributed by atoms with Crippen LogP contribution in [0.5, 0.6) is 0 Å². The van der Waals surface area contributed by atoms with E-state index in [0.717, 1.165) is 37.3 Å². The molecule has 4 rings (SSSR count). The fraction of sp³-hybridized carbons (Fsp3) is 0.611. The van der Waals surface area contributed by atoms with Crippen molar-refractivity contribution in [2.24, 2.45) is 0 Å². The van der Waals surface area contributed by atoms with E-state index in [0.29, 0.717) is 16.7 Å². The van der Waals surface area contributed by atoms with Crippen molar-refractivity contribution in [2.75, 3.05) is 26.7 Å². The quantitative estimate of drug-likeness (QED) is 0.804. The van der Waals surface area contributed by atoms with Crippen molar-refractivity contribution in [1.29, 1.82) is 0 Å². The lowest BCUT2D eigenvalue weighted by Crippen LogP contribution is -2.52. The van der Waals surface area contributed by atoms with Crippen molar-refractivity contribution in [3.05, 3.63) is 29.2 Å². The van der Waals surface area contributed by atoms with Crippen LogP contribution in [0.4, 0.5) is 0 Å². The van der Waals surface area contributed by atoms with Gasteiger partial charge in [0.05, 0.1) is 6.20 Å². The molecule has 1 spiro atoms. The third kappa shape index (κ3) is 2.32. The minimum atomic E-state index is 0.0676. The standard InChI is InChI=1S/C18H25N5O/c1-13-11-14(2)23-16(20-13)15(12-19-23)17(24)22-9-6-18(7-10-22)5-4-8-21(18)3/h11-12H,4-10H2,1-3H3. The molecule has 1 amide bonds. The summed E-state index contributed by atoms with van der Waals surface area (Å²) >= 11 is 0. The van der Waals surface area contributed by atoms with Gasteiger partial charge in [-0.15, -0.1) is 0 Å². The number of piperidine rings is 1. The summed E-state index contributed by atoms with van der Waals surface area (Å²) in [6.07, 6.45) is 6.35. The third-order valence-electron chi connectivity index (χ3n) is 5.94. The molecule has 4 heterocycles. The van der Waals surface area contributed by atoms with E-state index in [9.17, 15) is 4.79 Å². The SMILES string of the molecule is Cc1cc(C)n2ncc(C(=O)N3CCC4(CCCN4C)CC3)c2n1. The van der Waals surface area contributed by atoms with Crippen molar-refractivity contribution in [2.45, 2.75) is 45.1 Å². The second-order valence-electron chi connectivity index (χ2n) is 7.37. The van der Waals surface area contributed by atoms with Crippen LogP contribution in [0, 0.1) is 13.8 Å². The molecule has 6 nitrogen and oxygen atoms in total. The zero-order chi connectivity index (χ0) is 16.9. The summed E-state index contributed by atoms with van der Waals surface area (Å²) in [4.78, 5) is 22.0. The first-order valence-corrected chi connectivity index (χ1v) is 8.83. The van der Waals surface area contributed by atoms with Gasteiger partial charge in [0, 0.05) is 30.0 Å². The number of fused-ring (bicyclic) bond motifs is 1. The van der Waals surface area contributed by atoms with Gasteiger partial charge in [-0.1, -0.05) is 0 Å². The van der Waals surface area contributed by atoms with Crippen LogP contribution in [0.3, 0.4) is 0 Å². The van der Waals surface area contributed by atoms with Gasteiger partial charge in [0.25, 0.3) is 5.91 Å². The Kier molecular flexibility index (Phi) is 3.60. The summed E-state index contributed by atoms with van der Waals surface area (Å²) in [5.74, 6) is 0.0676. The Morgan fingerprint density at radius 2 is 1.92 bits per heavy atom. The summed E-state index contributed by atoms with van der Waals surface area (Å²) in [6, 6.07) is 1.98. The normalized spacial score (nSPS) is 21.0. The Hall–Kier alpha value is -1.95. The number of likely N-dealkylation sites (tertiary alicyclic amines) is 2. The molecule has 2 saturated heterocycles. The predicted molar refractivity (Wildman–Crippen MR) is 92.2 cm³/mol. The number of hydrogen-bond acceptors (Lipinski definition) is 4. The first-order chi connectivity index (χ1) is 11.5. The highest BCUT2D eigenvalue weighted by molar-refractivity contribution is 5.99. The molecule has 0 N–H and O–H groups in total. The summed E-state index contributed by atoms with van der Waals surface area (Å²) < 4.78 is 1.76. The fourth-order valence-electron chi connectivity index (χ4n) is 4.42. The predicted octanol–water partition coefficient (Wildman–Crippen LogP) is 2.05. The molecular formula is C18H25N5O. The summed E-state index contributed by atoms with van der Waals surface area (Å²) in [5.41, 5.74) is 3.54. The Bertz CT molecular complexity index is 788. The smallest absolute Gasteiger partial charge is 0.259 e. The van der Waals surface area contributed by atoms with E-state index in [1.165, 1.54) is 19.4 Å². The number of amides is 1. The van der Waals surface area contributed by atoms with E-state index in [-0.39, 0.29) is 5.91 Å². The van der Waals surface area contributed by atoms with Crippen LogP contribution in [-0.4, -0.2) is 62.5 Å². The van der Waals surface area contributed by atoms with E-state index in [1.54, 1.807) is 10.7 Å². The lowest BCUT2D eigenvalue weighted by atomic mass is 9.85. The van der Waals surface area contributed by atoms with E-state index < -0.39 is 0 Å². The van der Waals surface area contributed by atoms with Crippen molar-refractivity contribution >= 4 is 11.6 Å². The van der Waals surface area contributed by atoms with Crippen LogP contribution >= 0.6 is 0 Å². The number of nitrogens with zero attached hydrogens (tertiary/aromatic N) is 5. The fourth-order valence-corrected chi connectivity index (χ4v) is 4.42. The van der Waals surface area contributed by atoms with Crippen molar-refractivity contribution < 1.29 is 4.79 Å². The lowest BCUT2D eigenvalue weighted by Gasteiger charge is -2.43. The van der Waals surface area contributed by atoms with Gasteiger partial charge in [-0.25, -0.2) is 9.50 Å². The van der Waals surface area contributed by atoms with Crippen molar-refractivity contribution in [3.63, 3.8) is 0 Å². The zero-order valence-corrected chi connectivity index (χ0v) is 14.7. The molecule has 2 fully saturated rings. The van der Waals surface area contributed by atoms with Gasteiger partial charge in [0.15, 0.2) is 5.65 Å². The van der Waals surface area contributed by atoms with Crippen LogP contribution in [0.15, 0.2) is 12.3 Å². The maximum absolute atomic E-state index is 13.0. The van der Waals surface area contributed by atoms with Crippen LogP contribution in [-0.2, 0) is 0 Å². The first-order valence-electron chi connectivity index (χ1n) is 8.83. The van der Waals surface area contributed by atoms with Crippen LogP contribution in [0.1, 0.15) is 47.4 Å². The monoisotopic (exact) mass is 327 g/mol. The molecule has 6 heteroatoms. The maximum atomic E-state index is 13.0. The Labute approximate surface area is 142 Å². The van der Waals surface area contributed by atoms with Crippen molar-refractivity contribution in [3.8, 4) is 0 Å². The molecule has 0 aromatic carbocycles. The Morgan fingerprint density at radius 3 is 2.58 bits per heavy atom. The number of rotatable bonds is 1. The summed E-state index contributed by atoms with van der Waals surface area (Å²) in [6.45, 7) is 6.78. The van der Waals surface area contributed by atoms with Crippen LogP contribution in [0.25, 0.3) is 5.65 Å². The maximum Gasteiger partial charge on any atom is 0.259 e. The molecular weight excluding hydrogens is 302 g/mol. The molecule has 0 radical (unpaired) electrons. The molecule has 2 aromatic rings. The van der Waals surface area contributed by atoms with E-state index in [1.807, 2.05) is 24.8 Å². The molecule has 0 saturated carbocycles. The Morgan fingerprint density at radius 1 is 1.17 bits per heavy atom. The minimum absolute atomic E-state index is 0.0676. The molecule has 0 unspecified atom stereocenters. The number of hydrogen-bond donors (Lipinski definition) is 0. The molecule has 2 aliphatic heterocycles. The van der Waals surface area contributed by atoms with Crippen LogP contribution in [0.2, 0.25) is 0 Å². The van der Waals surface area contributed by atoms with Gasteiger partial charge in [-0.05, 0) is 59.2 Å². The van der Waals surface area contributed by atoms with Gasteiger partial charge < -0.3 is 9.80 Å². The second kappa shape index (κ2) is 5.55. The molecule has 0 bridgehead atoms. The van der Waals surface area contributed by atoms with Crippen LogP contribution < -0.4 is 0 Å². The van der Waals surface area contributed by atoms with E-state index in [2.05, 4.69) is 22.0 Å². The molecule has 128 valence electrons. The molecule has 0 atom stereocenters. The van der Waals surface area contributed by atoms with Gasteiger partial charge in [-0.2, -0.15) is 5.10 Å². The zero-order valence-electron chi connectivity index (χ0n) is 14.7. The average Bonchev–Trinajstić information content (AvgIpc) is 3.12. The van der Waals surface area contributed by atoms with Crippen molar-refractivity contribution in [1.82, 2.24) is 24.4 Å². The van der Waals surface area contributed by atoms with Gasteiger partial charge in [0.2, 0.25) is 0 Å². The Balaban J connectivity index is 1.57.